The lowest BCUT2D eigenvalue weighted by Gasteiger charge is -2.31. The van der Waals surface area contributed by atoms with E-state index < -0.39 is 18.5 Å². The number of amides is 1. The number of alkyl halides is 3. The zero-order chi connectivity index (χ0) is 33.5. The Hall–Kier alpha value is -4.51. The molecule has 6 rings (SSSR count). The Bertz CT molecular complexity index is 1750. The molecule has 1 aliphatic carbocycles. The van der Waals surface area contributed by atoms with Crippen LogP contribution < -0.4 is 10.1 Å². The molecule has 3 heterocycles. The number of hydrogen-bond acceptors (Lipinski definition) is 5. The number of pyridine rings is 1. The number of nitrogens with one attached hydrogen (secondary N) is 2. The molecule has 2 aliphatic rings. The maximum atomic E-state index is 14.5. The van der Waals surface area contributed by atoms with Gasteiger partial charge in [0.25, 0.3) is 0 Å². The predicted molar refractivity (Wildman–Crippen MR) is 178 cm³/mol. The summed E-state index contributed by atoms with van der Waals surface area (Å²) < 4.78 is 62.9. The Morgan fingerprint density at radius 1 is 0.979 bits per heavy atom. The second-order valence-electron chi connectivity index (χ2n) is 12.6. The van der Waals surface area contributed by atoms with Gasteiger partial charge in [-0.05, 0) is 72.7 Å². The summed E-state index contributed by atoms with van der Waals surface area (Å²) in [7, 11) is 0. The van der Waals surface area contributed by atoms with Gasteiger partial charge in [-0.15, -0.1) is 0 Å². The van der Waals surface area contributed by atoms with Crippen LogP contribution in [0.5, 0.6) is 5.88 Å². The summed E-state index contributed by atoms with van der Waals surface area (Å²) >= 11 is 0. The Kier molecular flexibility index (Phi) is 10.5. The van der Waals surface area contributed by atoms with E-state index in [-0.39, 0.29) is 29.0 Å². The van der Waals surface area contributed by atoms with Crippen LogP contribution in [0.4, 0.5) is 17.6 Å². The number of nitrogens with zero attached hydrogens (tertiary/aromatic N) is 3. The molecule has 2 aromatic carbocycles. The van der Waals surface area contributed by atoms with Crippen molar-refractivity contribution < 1.29 is 27.1 Å². The second-order valence-corrected chi connectivity index (χ2v) is 12.6. The van der Waals surface area contributed by atoms with Gasteiger partial charge in [-0.2, -0.15) is 22.7 Å². The maximum absolute atomic E-state index is 14.5. The van der Waals surface area contributed by atoms with E-state index in [2.05, 4.69) is 25.4 Å². The van der Waals surface area contributed by atoms with E-state index in [1.54, 1.807) is 60.7 Å². The number of aromatic amines is 1. The van der Waals surface area contributed by atoms with Crippen molar-refractivity contribution >= 4 is 28.0 Å². The average molecular weight is 662 g/mol. The molecular weight excluding hydrogens is 622 g/mol. The largest absolute Gasteiger partial charge is 0.473 e. The number of rotatable bonds is 10. The fourth-order valence-corrected chi connectivity index (χ4v) is 6.67. The van der Waals surface area contributed by atoms with E-state index in [0.29, 0.717) is 46.7 Å². The highest BCUT2D eigenvalue weighted by atomic mass is 19.4. The van der Waals surface area contributed by atoms with Crippen LogP contribution in [-0.4, -0.2) is 63.9 Å². The average Bonchev–Trinajstić information content (AvgIpc) is 3.45. The van der Waals surface area contributed by atoms with Crippen molar-refractivity contribution in [3.63, 3.8) is 0 Å². The Labute approximate surface area is 277 Å². The number of allylic oxidation sites excluding steroid dienone is 1. The quantitative estimate of drug-likeness (QED) is 0.103. The van der Waals surface area contributed by atoms with Crippen molar-refractivity contribution in [3.05, 3.63) is 102 Å². The van der Waals surface area contributed by atoms with Crippen LogP contribution in [0.15, 0.2) is 79.0 Å². The molecule has 11 heteroatoms. The highest BCUT2D eigenvalue weighted by molar-refractivity contribution is 6.00. The standard InChI is InChI=1S/C37H39F4N5O2/c38-36-30-21-26(15-17-32(30)44-45-36)35(31(22-37(39,40)41)25-9-3-1-4-10-25)27-16-18-34(42-23-27)48-29-13-7-19-46(24-29)20-8-14-33(47)43-28-11-5-2-6-12-28/h1,3-4,8-10,14-18,21,23,28-29H,2,5-7,11-13,19-20,22,24H2,(H,43,47)(H,44,45)/b14-8+,35-31-/t29-/m1/s1. The minimum atomic E-state index is -4.50. The van der Waals surface area contributed by atoms with Gasteiger partial charge in [0.2, 0.25) is 17.7 Å². The van der Waals surface area contributed by atoms with Crippen LogP contribution in [-0.2, 0) is 4.79 Å². The number of carbonyl (C=O) groups excluding carboxylic acids is 1. The van der Waals surface area contributed by atoms with E-state index in [0.717, 1.165) is 45.1 Å². The zero-order valence-electron chi connectivity index (χ0n) is 26.6. The summed E-state index contributed by atoms with van der Waals surface area (Å²) in [6.07, 6.45) is 6.59. The number of ether oxygens (including phenoxy) is 1. The van der Waals surface area contributed by atoms with Gasteiger partial charge in [-0.25, -0.2) is 4.98 Å². The van der Waals surface area contributed by atoms with Crippen molar-refractivity contribution in [2.45, 2.75) is 69.7 Å². The molecule has 1 saturated carbocycles. The summed E-state index contributed by atoms with van der Waals surface area (Å²) in [4.78, 5) is 19.1. The molecule has 0 radical (unpaired) electrons. The smallest absolute Gasteiger partial charge is 0.393 e. The fraction of sp³-hybridized carbons (Fsp3) is 0.378. The number of piperidine rings is 1. The molecule has 48 heavy (non-hydrogen) atoms. The summed E-state index contributed by atoms with van der Waals surface area (Å²) in [5.74, 6) is -0.351. The highest BCUT2D eigenvalue weighted by Crippen LogP contribution is 2.40. The number of aromatic nitrogens is 3. The molecule has 1 aliphatic heterocycles. The number of halogens is 4. The predicted octanol–water partition coefficient (Wildman–Crippen LogP) is 7.86. The Morgan fingerprint density at radius 3 is 2.52 bits per heavy atom. The van der Waals surface area contributed by atoms with Gasteiger partial charge in [0.1, 0.15) is 6.10 Å². The lowest BCUT2D eigenvalue weighted by atomic mass is 9.88. The van der Waals surface area contributed by atoms with Gasteiger partial charge in [-0.1, -0.05) is 61.7 Å². The summed E-state index contributed by atoms with van der Waals surface area (Å²) in [6, 6.07) is 16.8. The first-order valence-electron chi connectivity index (χ1n) is 16.5. The molecule has 2 fully saturated rings. The van der Waals surface area contributed by atoms with Crippen LogP contribution >= 0.6 is 0 Å². The number of benzene rings is 2. The molecule has 4 aromatic rings. The third kappa shape index (κ3) is 8.69. The SMILES string of the molecule is O=C(/C=C/CN1CCC[C@@H](Oc2ccc(/C(=C(/CC(F)(F)F)c3ccccc3)c3ccc4n[nH]c(F)c4c3)cn2)C1)NC1CCCCC1. The first kappa shape index (κ1) is 33.4. The van der Waals surface area contributed by atoms with E-state index in [9.17, 15) is 22.4 Å². The van der Waals surface area contributed by atoms with Gasteiger partial charge in [0.05, 0.1) is 17.3 Å². The second kappa shape index (κ2) is 15.1. The van der Waals surface area contributed by atoms with Crippen molar-refractivity contribution in [2.75, 3.05) is 19.6 Å². The molecule has 1 amide bonds. The Balaban J connectivity index is 1.20. The molecule has 252 valence electrons. The van der Waals surface area contributed by atoms with Gasteiger partial charge < -0.3 is 10.1 Å². The third-order valence-electron chi connectivity index (χ3n) is 8.96. The van der Waals surface area contributed by atoms with Gasteiger partial charge >= 0.3 is 6.18 Å². The third-order valence-corrected chi connectivity index (χ3v) is 8.96. The van der Waals surface area contributed by atoms with Crippen molar-refractivity contribution in [1.29, 1.82) is 0 Å². The minimum absolute atomic E-state index is 0.0465. The zero-order valence-corrected chi connectivity index (χ0v) is 26.6. The summed E-state index contributed by atoms with van der Waals surface area (Å²) in [5.41, 5.74) is 1.96. The van der Waals surface area contributed by atoms with Crippen LogP contribution in [0.1, 0.15) is 68.1 Å². The van der Waals surface area contributed by atoms with Crippen molar-refractivity contribution in [2.24, 2.45) is 0 Å². The first-order valence-corrected chi connectivity index (χ1v) is 16.5. The number of hydrogen-bond donors (Lipinski definition) is 2. The van der Waals surface area contributed by atoms with Gasteiger partial charge in [-0.3, -0.25) is 14.8 Å². The normalized spacial score (nSPS) is 18.6. The topological polar surface area (TPSA) is 83.1 Å². The lowest BCUT2D eigenvalue weighted by Crippen LogP contribution is -2.41. The molecule has 0 bridgehead atoms. The molecule has 1 saturated heterocycles. The van der Waals surface area contributed by atoms with Gasteiger partial charge in [0.15, 0.2) is 0 Å². The monoisotopic (exact) mass is 661 g/mol. The van der Waals surface area contributed by atoms with E-state index in [4.69, 9.17) is 4.74 Å². The van der Waals surface area contributed by atoms with Crippen molar-refractivity contribution in [1.82, 2.24) is 25.4 Å². The highest BCUT2D eigenvalue weighted by Gasteiger charge is 2.32. The first-order chi connectivity index (χ1) is 23.2. The van der Waals surface area contributed by atoms with Gasteiger partial charge in [0, 0.05) is 43.0 Å². The number of carbonyl (C=O) groups is 1. The van der Waals surface area contributed by atoms with Crippen molar-refractivity contribution in [3.8, 4) is 5.88 Å². The maximum Gasteiger partial charge on any atom is 0.393 e. The van der Waals surface area contributed by atoms with Crippen LogP contribution in [0.2, 0.25) is 0 Å². The number of fused-ring (bicyclic) bond motifs is 1. The van der Waals surface area contributed by atoms with E-state index >= 15 is 0 Å². The molecular formula is C37H39F4N5O2. The lowest BCUT2D eigenvalue weighted by molar-refractivity contribution is -0.123. The number of likely N-dealkylation sites (tertiary alicyclic amines) is 1. The molecule has 2 N–H and O–H groups in total. The molecule has 7 nitrogen and oxygen atoms in total. The molecule has 1 atom stereocenters. The van der Waals surface area contributed by atoms with Crippen LogP contribution in [0.25, 0.3) is 22.0 Å². The summed E-state index contributed by atoms with van der Waals surface area (Å²) in [6.45, 7) is 2.17. The molecule has 0 unspecified atom stereocenters. The fourth-order valence-electron chi connectivity index (χ4n) is 6.67. The molecule has 0 spiro atoms. The van der Waals surface area contributed by atoms with Crippen LogP contribution in [0, 0.1) is 5.95 Å². The Morgan fingerprint density at radius 2 is 1.77 bits per heavy atom. The van der Waals surface area contributed by atoms with E-state index in [1.807, 2.05) is 6.08 Å². The summed E-state index contributed by atoms with van der Waals surface area (Å²) in [5, 5.41) is 9.50. The van der Waals surface area contributed by atoms with Crippen LogP contribution in [0.3, 0.4) is 0 Å². The number of H-pyrrole nitrogens is 1. The molecule has 2 aromatic heterocycles. The minimum Gasteiger partial charge on any atom is -0.473 e. The van der Waals surface area contributed by atoms with E-state index in [1.165, 1.54) is 18.7 Å².